The van der Waals surface area contributed by atoms with Gasteiger partial charge in [-0.25, -0.2) is 9.67 Å². The van der Waals surface area contributed by atoms with Gasteiger partial charge in [0, 0.05) is 24.6 Å². The van der Waals surface area contributed by atoms with Crippen molar-refractivity contribution in [2.24, 2.45) is 0 Å². The summed E-state index contributed by atoms with van der Waals surface area (Å²) in [4.78, 5) is 35.4. The molecule has 9 heteroatoms. The number of hydrogen-bond donors (Lipinski definition) is 1. The lowest BCUT2D eigenvalue weighted by atomic mass is 9.96. The lowest BCUT2D eigenvalue weighted by molar-refractivity contribution is -0.131. The molecule has 1 N–H and O–H groups in total. The number of amides is 1. The summed E-state index contributed by atoms with van der Waals surface area (Å²) >= 11 is 0. The van der Waals surface area contributed by atoms with Gasteiger partial charge in [0.15, 0.2) is 11.2 Å². The van der Waals surface area contributed by atoms with Crippen LogP contribution >= 0.6 is 0 Å². The van der Waals surface area contributed by atoms with Crippen LogP contribution in [0.2, 0.25) is 0 Å². The van der Waals surface area contributed by atoms with Crippen molar-refractivity contribution in [2.75, 3.05) is 20.2 Å². The van der Waals surface area contributed by atoms with Crippen LogP contribution in [0.1, 0.15) is 41.3 Å². The first-order valence-electron chi connectivity index (χ1n) is 11.8. The maximum Gasteiger partial charge on any atom is 0.281 e. The number of aromatic nitrogens is 5. The predicted molar refractivity (Wildman–Crippen MR) is 131 cm³/mol. The smallest absolute Gasteiger partial charge is 0.281 e. The molecule has 1 amide bonds. The van der Waals surface area contributed by atoms with Crippen molar-refractivity contribution in [3.63, 3.8) is 0 Å². The van der Waals surface area contributed by atoms with Crippen LogP contribution in [0, 0.1) is 6.92 Å². The number of aryl methyl sites for hydroxylation is 1. The summed E-state index contributed by atoms with van der Waals surface area (Å²) in [6.45, 7) is 3.70. The predicted octanol–water partition coefficient (Wildman–Crippen LogP) is 2.83. The largest absolute Gasteiger partial charge is 0.496 e. The van der Waals surface area contributed by atoms with E-state index in [0.29, 0.717) is 36.9 Å². The Hall–Kier alpha value is -4.01. The normalized spacial score (nSPS) is 15.9. The molecule has 9 nitrogen and oxygen atoms in total. The van der Waals surface area contributed by atoms with Gasteiger partial charge in [0.05, 0.1) is 20.1 Å². The van der Waals surface area contributed by atoms with Crippen LogP contribution in [0.5, 0.6) is 5.75 Å². The molecule has 0 bridgehead atoms. The molecule has 3 heterocycles. The summed E-state index contributed by atoms with van der Waals surface area (Å²) < 4.78 is 7.05. The zero-order valence-electron chi connectivity index (χ0n) is 19.9. The van der Waals surface area contributed by atoms with E-state index >= 15 is 0 Å². The zero-order valence-corrected chi connectivity index (χ0v) is 19.9. The molecule has 0 radical (unpaired) electrons. The maximum absolute atomic E-state index is 13.1. The molecule has 0 saturated carbocycles. The standard InChI is InChI=1S/C26H28N6O3/c1-17-9-11-18(12-10-17)15-32-25-23(29-30-32)26(34)28-24(27-25)20-7-5-13-31(16-20)22(33)14-19-6-3-4-8-21(19)35-2/h3-4,6,8-12,20H,5,7,13-16H2,1-2H3,(H,27,28,34)/t20-/m0/s1. The number of ether oxygens (including phenoxy) is 1. The van der Waals surface area contributed by atoms with E-state index in [1.165, 1.54) is 5.56 Å². The number of H-pyrrole nitrogens is 1. The van der Waals surface area contributed by atoms with Gasteiger partial charge in [0.2, 0.25) is 5.91 Å². The highest BCUT2D eigenvalue weighted by Crippen LogP contribution is 2.26. The van der Waals surface area contributed by atoms with E-state index in [2.05, 4.69) is 15.3 Å². The fourth-order valence-corrected chi connectivity index (χ4v) is 4.60. The van der Waals surface area contributed by atoms with Gasteiger partial charge >= 0.3 is 0 Å². The maximum atomic E-state index is 13.1. The summed E-state index contributed by atoms with van der Waals surface area (Å²) in [5.41, 5.74) is 3.47. The number of carbonyl (C=O) groups excluding carboxylic acids is 1. The lowest BCUT2D eigenvalue weighted by Crippen LogP contribution is -2.40. The third-order valence-electron chi connectivity index (χ3n) is 6.54. The highest BCUT2D eigenvalue weighted by Gasteiger charge is 2.28. The Balaban J connectivity index is 1.37. The topological polar surface area (TPSA) is 106 Å². The van der Waals surface area contributed by atoms with Crippen molar-refractivity contribution in [1.29, 1.82) is 0 Å². The molecule has 1 aliphatic heterocycles. The summed E-state index contributed by atoms with van der Waals surface area (Å²) in [6, 6.07) is 15.7. The van der Waals surface area contributed by atoms with E-state index in [1.807, 2.05) is 60.4 Å². The highest BCUT2D eigenvalue weighted by molar-refractivity contribution is 5.79. The summed E-state index contributed by atoms with van der Waals surface area (Å²) in [5, 5.41) is 8.23. The molecule has 0 unspecified atom stereocenters. The van der Waals surface area contributed by atoms with Crippen molar-refractivity contribution < 1.29 is 9.53 Å². The second-order valence-electron chi connectivity index (χ2n) is 9.02. The number of methoxy groups -OCH3 is 1. The third-order valence-corrected chi connectivity index (χ3v) is 6.54. The SMILES string of the molecule is COc1ccccc1CC(=O)N1CCC[C@H](c2nc3c(nnn3Cc3ccc(C)cc3)c(=O)[nH]2)C1. The Labute approximate surface area is 202 Å². The van der Waals surface area contributed by atoms with E-state index in [1.54, 1.807) is 11.8 Å². The van der Waals surface area contributed by atoms with Crippen LogP contribution in [0.3, 0.4) is 0 Å². The van der Waals surface area contributed by atoms with Gasteiger partial charge in [0.1, 0.15) is 11.6 Å². The number of fused-ring (bicyclic) bond motifs is 1. The number of para-hydroxylation sites is 1. The van der Waals surface area contributed by atoms with Gasteiger partial charge < -0.3 is 14.6 Å². The van der Waals surface area contributed by atoms with Crippen LogP contribution in [0.25, 0.3) is 11.2 Å². The number of hydrogen-bond acceptors (Lipinski definition) is 6. The minimum atomic E-state index is -0.308. The first-order chi connectivity index (χ1) is 17.0. The van der Waals surface area contributed by atoms with Crippen LogP contribution in [-0.4, -0.2) is 56.0 Å². The number of nitrogens with one attached hydrogen (secondary N) is 1. The summed E-state index contributed by atoms with van der Waals surface area (Å²) in [5.74, 6) is 1.25. The van der Waals surface area contributed by atoms with Gasteiger partial charge in [-0.3, -0.25) is 9.59 Å². The van der Waals surface area contributed by atoms with Crippen molar-refractivity contribution in [1.82, 2.24) is 29.9 Å². The van der Waals surface area contributed by atoms with Crippen molar-refractivity contribution in [3.8, 4) is 5.75 Å². The minimum absolute atomic E-state index is 0.0358. The Morgan fingerprint density at radius 1 is 1.17 bits per heavy atom. The molecule has 5 rings (SSSR count). The number of likely N-dealkylation sites (tertiary alicyclic amines) is 1. The van der Waals surface area contributed by atoms with Crippen LogP contribution in [0.4, 0.5) is 0 Å². The van der Waals surface area contributed by atoms with Gasteiger partial charge in [0.25, 0.3) is 5.56 Å². The number of benzene rings is 2. The first kappa shape index (κ1) is 22.8. The fourth-order valence-electron chi connectivity index (χ4n) is 4.60. The second kappa shape index (κ2) is 9.69. The highest BCUT2D eigenvalue weighted by atomic mass is 16.5. The number of rotatable bonds is 6. The molecule has 180 valence electrons. The molecule has 0 spiro atoms. The zero-order chi connectivity index (χ0) is 24.4. The first-order valence-corrected chi connectivity index (χ1v) is 11.8. The Bertz CT molecular complexity index is 1410. The average Bonchev–Trinajstić information content (AvgIpc) is 3.29. The summed E-state index contributed by atoms with van der Waals surface area (Å²) in [6.07, 6.45) is 1.95. The molecule has 4 aromatic rings. The van der Waals surface area contributed by atoms with Crippen molar-refractivity contribution in [2.45, 2.75) is 38.6 Å². The number of nitrogens with zero attached hydrogens (tertiary/aromatic N) is 5. The van der Waals surface area contributed by atoms with Crippen LogP contribution in [0.15, 0.2) is 53.3 Å². The fraction of sp³-hybridized carbons (Fsp3) is 0.346. The molecule has 2 aromatic carbocycles. The van der Waals surface area contributed by atoms with E-state index in [-0.39, 0.29) is 29.3 Å². The Kier molecular flexibility index (Phi) is 6.31. The molecular weight excluding hydrogens is 444 g/mol. The van der Waals surface area contributed by atoms with Crippen LogP contribution in [-0.2, 0) is 17.8 Å². The number of piperidine rings is 1. The molecule has 35 heavy (non-hydrogen) atoms. The second-order valence-corrected chi connectivity index (χ2v) is 9.02. The molecule has 0 aliphatic carbocycles. The van der Waals surface area contributed by atoms with Crippen molar-refractivity contribution >= 4 is 17.1 Å². The molecule has 1 saturated heterocycles. The van der Waals surface area contributed by atoms with E-state index in [4.69, 9.17) is 9.72 Å². The van der Waals surface area contributed by atoms with Gasteiger partial charge in [-0.2, -0.15) is 0 Å². The molecule has 1 aliphatic rings. The van der Waals surface area contributed by atoms with Gasteiger partial charge in [-0.1, -0.05) is 53.2 Å². The Morgan fingerprint density at radius 2 is 1.97 bits per heavy atom. The average molecular weight is 473 g/mol. The van der Waals surface area contributed by atoms with Gasteiger partial charge in [-0.15, -0.1) is 5.10 Å². The summed E-state index contributed by atoms with van der Waals surface area (Å²) in [7, 11) is 1.61. The number of aromatic amines is 1. The molecule has 1 atom stereocenters. The van der Waals surface area contributed by atoms with Gasteiger partial charge in [-0.05, 0) is 31.4 Å². The van der Waals surface area contributed by atoms with E-state index in [9.17, 15) is 9.59 Å². The van der Waals surface area contributed by atoms with Crippen molar-refractivity contribution in [3.05, 3.63) is 81.4 Å². The molecular formula is C26H28N6O3. The molecule has 1 fully saturated rings. The van der Waals surface area contributed by atoms with Crippen LogP contribution < -0.4 is 10.3 Å². The minimum Gasteiger partial charge on any atom is -0.496 e. The quantitative estimate of drug-likeness (QED) is 0.463. The third kappa shape index (κ3) is 4.80. The van der Waals surface area contributed by atoms with E-state index < -0.39 is 0 Å². The van der Waals surface area contributed by atoms with E-state index in [0.717, 1.165) is 24.0 Å². The number of carbonyl (C=O) groups is 1. The molecule has 2 aromatic heterocycles. The monoisotopic (exact) mass is 472 g/mol. The lowest BCUT2D eigenvalue weighted by Gasteiger charge is -2.32. The Morgan fingerprint density at radius 3 is 2.77 bits per heavy atom.